The van der Waals surface area contributed by atoms with E-state index in [1.54, 1.807) is 12.1 Å². The second-order valence-corrected chi connectivity index (χ2v) is 13.9. The van der Waals surface area contributed by atoms with Crippen LogP contribution < -0.4 is 10.1 Å². The number of ether oxygens (including phenoxy) is 3. The van der Waals surface area contributed by atoms with Crippen molar-refractivity contribution < 1.29 is 27.4 Å². The maximum atomic E-state index is 13.4. The molecule has 3 aliphatic rings. The predicted molar refractivity (Wildman–Crippen MR) is 171 cm³/mol. The largest absolute Gasteiger partial charge is 0.490 e. The molecule has 0 bridgehead atoms. The Bertz CT molecular complexity index is 1590. The van der Waals surface area contributed by atoms with Crippen molar-refractivity contribution in [3.63, 3.8) is 0 Å². The second kappa shape index (κ2) is 13.6. The van der Waals surface area contributed by atoms with E-state index in [0.29, 0.717) is 22.9 Å². The molecule has 0 spiro atoms. The Kier molecular flexibility index (Phi) is 9.47. The Morgan fingerprint density at radius 3 is 2.25 bits per heavy atom. The van der Waals surface area contributed by atoms with Crippen LogP contribution in [0.15, 0.2) is 77.2 Å². The van der Waals surface area contributed by atoms with Crippen LogP contribution in [-0.4, -0.2) is 70.6 Å². The van der Waals surface area contributed by atoms with E-state index in [0.717, 1.165) is 75.5 Å². The van der Waals surface area contributed by atoms with Crippen LogP contribution in [-0.2, 0) is 30.7 Å². The van der Waals surface area contributed by atoms with Crippen molar-refractivity contribution in [1.29, 1.82) is 0 Å². The Hall–Kier alpha value is -3.50. The van der Waals surface area contributed by atoms with Gasteiger partial charge in [-0.1, -0.05) is 30.3 Å². The van der Waals surface area contributed by atoms with E-state index in [2.05, 4.69) is 17.3 Å². The molecule has 0 atom stereocenters. The third kappa shape index (κ3) is 7.41. The summed E-state index contributed by atoms with van der Waals surface area (Å²) in [7, 11) is -1.40. The Balaban J connectivity index is 1.15. The molecule has 3 heterocycles. The number of carbonyl (C=O) groups is 1. The average molecular weight is 617 g/mol. The van der Waals surface area contributed by atoms with Crippen LogP contribution in [0.25, 0.3) is 17.2 Å². The molecule has 3 aromatic rings. The van der Waals surface area contributed by atoms with Gasteiger partial charge in [0.05, 0.1) is 23.9 Å². The van der Waals surface area contributed by atoms with Gasteiger partial charge in [-0.3, -0.25) is 9.69 Å². The van der Waals surface area contributed by atoms with Crippen molar-refractivity contribution in [2.24, 2.45) is 0 Å². The van der Waals surface area contributed by atoms with Crippen molar-refractivity contribution in [3.8, 4) is 16.9 Å². The molecule has 3 aromatic carbocycles. The minimum absolute atomic E-state index is 0.117. The molecule has 1 N–H and O–H groups in total. The third-order valence-corrected chi connectivity index (χ3v) is 10.5. The van der Waals surface area contributed by atoms with Gasteiger partial charge < -0.3 is 19.5 Å². The first kappa shape index (κ1) is 30.5. The van der Waals surface area contributed by atoms with E-state index in [1.807, 2.05) is 60.7 Å². The average Bonchev–Trinajstić information content (AvgIpc) is 3.18. The van der Waals surface area contributed by atoms with E-state index in [9.17, 15) is 13.2 Å². The van der Waals surface area contributed by atoms with Crippen LogP contribution in [0, 0.1) is 0 Å². The Morgan fingerprint density at radius 1 is 0.886 bits per heavy atom. The summed E-state index contributed by atoms with van der Waals surface area (Å²) in [5.41, 5.74) is 4.62. The molecule has 8 nitrogen and oxygen atoms in total. The highest BCUT2D eigenvalue weighted by Crippen LogP contribution is 2.32. The van der Waals surface area contributed by atoms with Gasteiger partial charge in [-0.2, -0.15) is 0 Å². The number of amides is 1. The van der Waals surface area contributed by atoms with E-state index in [1.165, 1.54) is 5.56 Å². The highest BCUT2D eigenvalue weighted by molar-refractivity contribution is 7.91. The predicted octanol–water partition coefficient (Wildman–Crippen LogP) is 5.72. The van der Waals surface area contributed by atoms with E-state index in [4.69, 9.17) is 14.2 Å². The van der Waals surface area contributed by atoms with Crippen molar-refractivity contribution in [1.82, 2.24) is 4.90 Å². The highest BCUT2D eigenvalue weighted by atomic mass is 32.2. The Morgan fingerprint density at radius 2 is 1.55 bits per heavy atom. The monoisotopic (exact) mass is 616 g/mol. The molecule has 232 valence electrons. The fraction of sp³-hybridized carbons (Fsp3) is 0.400. The lowest BCUT2D eigenvalue weighted by Gasteiger charge is -2.31. The molecule has 2 saturated heterocycles. The normalized spacial score (nSPS) is 19.1. The molecular formula is C35H40N2O6S. The van der Waals surface area contributed by atoms with Crippen LogP contribution in [0.5, 0.6) is 5.75 Å². The minimum Gasteiger partial charge on any atom is -0.490 e. The molecule has 0 unspecified atom stereocenters. The number of benzene rings is 3. The quantitative estimate of drug-likeness (QED) is 0.346. The van der Waals surface area contributed by atoms with Gasteiger partial charge in [0, 0.05) is 49.9 Å². The zero-order valence-corrected chi connectivity index (χ0v) is 26.0. The zero-order chi connectivity index (χ0) is 30.5. The second-order valence-electron chi connectivity index (χ2n) is 11.9. The van der Waals surface area contributed by atoms with Crippen LogP contribution in [0.2, 0.25) is 0 Å². The number of rotatable bonds is 8. The fourth-order valence-corrected chi connectivity index (χ4v) is 7.54. The van der Waals surface area contributed by atoms with Crippen LogP contribution in [0.4, 0.5) is 5.69 Å². The molecule has 6 rings (SSSR count). The number of fused-ring (bicyclic) bond motifs is 1. The van der Waals surface area contributed by atoms with Gasteiger partial charge in [0.1, 0.15) is 11.9 Å². The molecule has 0 saturated carbocycles. The smallest absolute Gasteiger partial charge is 0.251 e. The van der Waals surface area contributed by atoms with Crippen molar-refractivity contribution in [3.05, 3.63) is 83.4 Å². The van der Waals surface area contributed by atoms with Gasteiger partial charge in [0.2, 0.25) is 0 Å². The number of anilines is 1. The molecule has 0 aromatic heterocycles. The summed E-state index contributed by atoms with van der Waals surface area (Å²) in [4.78, 5) is 16.0. The van der Waals surface area contributed by atoms with Gasteiger partial charge in [-0.15, -0.1) is 0 Å². The molecule has 44 heavy (non-hydrogen) atoms. The summed E-state index contributed by atoms with van der Waals surface area (Å²) < 4.78 is 43.3. The number of nitrogens with zero attached hydrogens (tertiary/aromatic N) is 1. The van der Waals surface area contributed by atoms with Gasteiger partial charge in [-0.05, 0) is 91.0 Å². The third-order valence-electron chi connectivity index (χ3n) is 8.72. The maximum absolute atomic E-state index is 13.4. The van der Waals surface area contributed by atoms with E-state index < -0.39 is 9.84 Å². The first-order valence-electron chi connectivity index (χ1n) is 15.4. The minimum atomic E-state index is -3.54. The Labute approximate surface area is 259 Å². The summed E-state index contributed by atoms with van der Waals surface area (Å²) in [6.45, 7) is 3.88. The molecule has 9 heteroatoms. The molecule has 1 amide bonds. The van der Waals surface area contributed by atoms with Crippen LogP contribution >= 0.6 is 0 Å². The summed E-state index contributed by atoms with van der Waals surface area (Å²) in [6.07, 6.45) is 5.86. The van der Waals surface area contributed by atoms with Crippen molar-refractivity contribution in [2.75, 3.05) is 44.5 Å². The van der Waals surface area contributed by atoms with Crippen molar-refractivity contribution >= 4 is 27.5 Å². The molecular weight excluding hydrogens is 576 g/mol. The molecule has 3 aliphatic heterocycles. The number of carbonyl (C=O) groups excluding carboxylic acids is 1. The van der Waals surface area contributed by atoms with Gasteiger partial charge in [-0.25, -0.2) is 8.42 Å². The molecule has 2 fully saturated rings. The van der Waals surface area contributed by atoms with Crippen molar-refractivity contribution in [2.45, 2.75) is 55.7 Å². The summed E-state index contributed by atoms with van der Waals surface area (Å²) in [6, 6.07) is 21.5. The number of hydrogen-bond donors (Lipinski definition) is 1. The van der Waals surface area contributed by atoms with Crippen LogP contribution in [0.3, 0.4) is 0 Å². The topological polar surface area (TPSA) is 94.2 Å². The van der Waals surface area contributed by atoms with Gasteiger partial charge in [0.15, 0.2) is 9.84 Å². The van der Waals surface area contributed by atoms with Gasteiger partial charge in [0.25, 0.3) is 5.91 Å². The highest BCUT2D eigenvalue weighted by Gasteiger charge is 2.25. The number of hydrogen-bond acceptors (Lipinski definition) is 7. The zero-order valence-electron chi connectivity index (χ0n) is 25.2. The molecule has 0 aliphatic carbocycles. The fourth-order valence-electron chi connectivity index (χ4n) is 6.08. The van der Waals surface area contributed by atoms with Crippen LogP contribution in [0.1, 0.15) is 43.2 Å². The standard InChI is InChI=1S/C35H40N2O6S/c1-37(31-12-17-41-18-13-31)24-25-2-7-30(8-3-25)36-35(38)28-16-21-44(39,40)34-11-6-27(22-29(34)23-28)26-4-9-32(10-5-26)43-33-14-19-42-20-15-33/h2-11,22-23,31,33H,12-21,24H2,1H3,(H,36,38). The lowest BCUT2D eigenvalue weighted by Crippen LogP contribution is -2.36. The first-order valence-corrected chi connectivity index (χ1v) is 17.1. The molecule has 0 radical (unpaired) electrons. The number of sulfone groups is 1. The first-order chi connectivity index (χ1) is 21.3. The summed E-state index contributed by atoms with van der Waals surface area (Å²) in [5, 5.41) is 2.97. The summed E-state index contributed by atoms with van der Waals surface area (Å²) >= 11 is 0. The number of nitrogens with one attached hydrogen (secondary N) is 1. The summed E-state index contributed by atoms with van der Waals surface area (Å²) in [5.74, 6) is 0.394. The van der Waals surface area contributed by atoms with E-state index >= 15 is 0 Å². The van der Waals surface area contributed by atoms with E-state index in [-0.39, 0.29) is 29.1 Å². The lowest BCUT2D eigenvalue weighted by atomic mass is 10.0. The SMILES string of the molecule is CN(Cc1ccc(NC(=O)C2=Cc3cc(-c4ccc(OC5CCOCC5)cc4)ccc3S(=O)(=O)CC2)cc1)C1CCOCC1. The van der Waals surface area contributed by atoms with Gasteiger partial charge >= 0.3 is 0 Å². The lowest BCUT2D eigenvalue weighted by molar-refractivity contribution is -0.112. The maximum Gasteiger partial charge on any atom is 0.251 e.